The quantitative estimate of drug-likeness (QED) is 0.435. The summed E-state index contributed by atoms with van der Waals surface area (Å²) in [4.78, 5) is 17.7. The van der Waals surface area contributed by atoms with E-state index in [1.165, 1.54) is 0 Å². The lowest BCUT2D eigenvalue weighted by atomic mass is 10.1. The average molecular weight is 443 g/mol. The Hall–Kier alpha value is -4.13. The molecule has 0 bridgehead atoms. The summed E-state index contributed by atoms with van der Waals surface area (Å²) in [5.74, 6) is 0.956. The number of nitrogens with one attached hydrogen (secondary N) is 1. The maximum atomic E-state index is 13.3. The number of rotatable bonds is 8. The van der Waals surface area contributed by atoms with Crippen molar-refractivity contribution in [1.29, 1.82) is 0 Å². The number of hydrogen-bond acceptors (Lipinski definition) is 5. The zero-order valence-corrected chi connectivity index (χ0v) is 18.9. The van der Waals surface area contributed by atoms with Crippen LogP contribution in [0.5, 0.6) is 11.5 Å². The van der Waals surface area contributed by atoms with Crippen LogP contribution in [0.4, 0.5) is 0 Å². The number of aromatic nitrogens is 3. The normalized spacial score (nSPS) is 11.6. The Kier molecular flexibility index (Phi) is 6.69. The van der Waals surface area contributed by atoms with Gasteiger partial charge in [0.15, 0.2) is 11.5 Å². The Labute approximate surface area is 193 Å². The van der Waals surface area contributed by atoms with Gasteiger partial charge in [0.2, 0.25) is 0 Å². The molecule has 2 aromatic heterocycles. The van der Waals surface area contributed by atoms with Gasteiger partial charge in [0.05, 0.1) is 38.1 Å². The lowest BCUT2D eigenvalue weighted by Gasteiger charge is -2.13. The van der Waals surface area contributed by atoms with Gasteiger partial charge in [-0.1, -0.05) is 36.4 Å². The summed E-state index contributed by atoms with van der Waals surface area (Å²) in [6.07, 6.45) is 3.49. The summed E-state index contributed by atoms with van der Waals surface area (Å²) in [7, 11) is 3.17. The van der Waals surface area contributed by atoms with E-state index in [-0.39, 0.29) is 11.9 Å². The fraction of sp³-hybridized carbons (Fsp3) is 0.192. The highest BCUT2D eigenvalue weighted by molar-refractivity contribution is 6.00. The van der Waals surface area contributed by atoms with E-state index in [4.69, 9.17) is 14.6 Å². The van der Waals surface area contributed by atoms with Crippen molar-refractivity contribution < 1.29 is 14.3 Å². The molecule has 0 saturated carbocycles. The smallest absolute Gasteiger partial charge is 0.255 e. The minimum absolute atomic E-state index is 0.225. The van der Waals surface area contributed by atoms with E-state index < -0.39 is 0 Å². The van der Waals surface area contributed by atoms with Gasteiger partial charge in [0.25, 0.3) is 5.91 Å². The molecule has 0 aliphatic rings. The van der Waals surface area contributed by atoms with Crippen LogP contribution in [0.2, 0.25) is 0 Å². The standard InChI is InChI=1S/C26H26N4O3/c1-18(22-11-7-8-14-27-22)28-26(31)21-17-30(16-19-9-5-4-6-10-19)29-25(21)20-12-13-23(32-2)24(15-20)33-3/h4-15,17-18H,16H2,1-3H3,(H,28,31)/t18-/m1/s1. The molecule has 7 nitrogen and oxygen atoms in total. The van der Waals surface area contributed by atoms with Crippen LogP contribution in [-0.4, -0.2) is 34.9 Å². The van der Waals surface area contributed by atoms with Crippen LogP contribution in [0, 0.1) is 0 Å². The fourth-order valence-corrected chi connectivity index (χ4v) is 3.62. The largest absolute Gasteiger partial charge is 0.493 e. The van der Waals surface area contributed by atoms with Gasteiger partial charge in [0.1, 0.15) is 5.69 Å². The number of amides is 1. The highest BCUT2D eigenvalue weighted by Gasteiger charge is 2.21. The van der Waals surface area contributed by atoms with E-state index in [0.717, 1.165) is 16.8 Å². The Morgan fingerprint density at radius 1 is 1.00 bits per heavy atom. The van der Waals surface area contributed by atoms with Crippen molar-refractivity contribution in [2.24, 2.45) is 0 Å². The van der Waals surface area contributed by atoms with Gasteiger partial charge in [0, 0.05) is 18.0 Å². The molecule has 2 aromatic carbocycles. The van der Waals surface area contributed by atoms with Gasteiger partial charge in [-0.25, -0.2) is 0 Å². The van der Waals surface area contributed by atoms with Gasteiger partial charge in [-0.15, -0.1) is 0 Å². The molecule has 4 rings (SSSR count). The van der Waals surface area contributed by atoms with Crippen LogP contribution in [0.25, 0.3) is 11.3 Å². The van der Waals surface area contributed by atoms with Crippen molar-refractivity contribution in [3.05, 3.63) is 95.9 Å². The molecule has 0 unspecified atom stereocenters. The van der Waals surface area contributed by atoms with E-state index in [0.29, 0.717) is 29.3 Å². The van der Waals surface area contributed by atoms with Crippen LogP contribution in [0.15, 0.2) is 79.1 Å². The molecular formula is C26H26N4O3. The summed E-state index contributed by atoms with van der Waals surface area (Å²) >= 11 is 0. The van der Waals surface area contributed by atoms with E-state index in [9.17, 15) is 4.79 Å². The molecule has 4 aromatic rings. The van der Waals surface area contributed by atoms with Crippen molar-refractivity contribution >= 4 is 5.91 Å². The number of nitrogens with zero attached hydrogens (tertiary/aromatic N) is 3. The highest BCUT2D eigenvalue weighted by atomic mass is 16.5. The first-order chi connectivity index (χ1) is 16.1. The second-order valence-corrected chi connectivity index (χ2v) is 7.59. The van der Waals surface area contributed by atoms with E-state index >= 15 is 0 Å². The summed E-state index contributed by atoms with van der Waals surface area (Å²) < 4.78 is 12.6. The second kappa shape index (κ2) is 9.99. The number of benzene rings is 2. The Balaban J connectivity index is 1.70. The van der Waals surface area contributed by atoms with Crippen LogP contribution < -0.4 is 14.8 Å². The molecular weight excluding hydrogens is 416 g/mol. The summed E-state index contributed by atoms with van der Waals surface area (Å²) in [6, 6.07) is 20.9. The third-order valence-corrected chi connectivity index (χ3v) is 5.33. The summed E-state index contributed by atoms with van der Waals surface area (Å²) in [5.41, 5.74) is 3.68. The molecule has 0 spiro atoms. The van der Waals surface area contributed by atoms with E-state index in [1.807, 2.05) is 73.7 Å². The van der Waals surface area contributed by atoms with Crippen LogP contribution in [0.3, 0.4) is 0 Å². The van der Waals surface area contributed by atoms with Crippen molar-refractivity contribution in [1.82, 2.24) is 20.1 Å². The fourth-order valence-electron chi connectivity index (χ4n) is 3.62. The van der Waals surface area contributed by atoms with Gasteiger partial charge >= 0.3 is 0 Å². The molecule has 0 radical (unpaired) electrons. The number of pyridine rings is 1. The molecule has 0 saturated heterocycles. The molecule has 0 aliphatic heterocycles. The minimum Gasteiger partial charge on any atom is -0.493 e. The van der Waals surface area contributed by atoms with Gasteiger partial charge in [-0.2, -0.15) is 5.10 Å². The van der Waals surface area contributed by atoms with Crippen molar-refractivity contribution in [3.63, 3.8) is 0 Å². The summed E-state index contributed by atoms with van der Waals surface area (Å²) in [5, 5.41) is 7.79. The number of carbonyl (C=O) groups is 1. The monoisotopic (exact) mass is 442 g/mol. The Morgan fingerprint density at radius 3 is 2.45 bits per heavy atom. The van der Waals surface area contributed by atoms with Crippen molar-refractivity contribution in [3.8, 4) is 22.8 Å². The predicted molar refractivity (Wildman–Crippen MR) is 126 cm³/mol. The number of carbonyl (C=O) groups excluding carboxylic acids is 1. The minimum atomic E-state index is -0.255. The zero-order valence-electron chi connectivity index (χ0n) is 18.9. The number of hydrogen-bond donors (Lipinski definition) is 1. The lowest BCUT2D eigenvalue weighted by Crippen LogP contribution is -2.27. The van der Waals surface area contributed by atoms with Crippen LogP contribution in [0.1, 0.15) is 34.6 Å². The second-order valence-electron chi connectivity index (χ2n) is 7.59. The van der Waals surface area contributed by atoms with Crippen molar-refractivity contribution in [2.75, 3.05) is 14.2 Å². The molecule has 2 heterocycles. The molecule has 7 heteroatoms. The molecule has 1 atom stereocenters. The lowest BCUT2D eigenvalue weighted by molar-refractivity contribution is 0.0939. The molecule has 168 valence electrons. The third kappa shape index (κ3) is 5.03. The zero-order chi connectivity index (χ0) is 23.2. The van der Waals surface area contributed by atoms with Crippen LogP contribution in [-0.2, 0) is 6.54 Å². The molecule has 1 amide bonds. The average Bonchev–Trinajstić information content (AvgIpc) is 3.28. The van der Waals surface area contributed by atoms with Gasteiger partial charge in [-0.3, -0.25) is 14.5 Å². The molecule has 0 fully saturated rings. The highest BCUT2D eigenvalue weighted by Crippen LogP contribution is 2.33. The number of ether oxygens (including phenoxy) is 2. The first-order valence-corrected chi connectivity index (χ1v) is 10.6. The summed E-state index contributed by atoms with van der Waals surface area (Å²) in [6.45, 7) is 2.45. The Bertz CT molecular complexity index is 1220. The van der Waals surface area contributed by atoms with E-state index in [2.05, 4.69) is 10.3 Å². The third-order valence-electron chi connectivity index (χ3n) is 5.33. The number of methoxy groups -OCH3 is 2. The molecule has 1 N–H and O–H groups in total. The first kappa shape index (κ1) is 22.1. The van der Waals surface area contributed by atoms with E-state index in [1.54, 1.807) is 31.3 Å². The maximum absolute atomic E-state index is 13.3. The van der Waals surface area contributed by atoms with Crippen LogP contribution >= 0.6 is 0 Å². The predicted octanol–water partition coefficient (Wildman–Crippen LogP) is 4.50. The molecule has 33 heavy (non-hydrogen) atoms. The maximum Gasteiger partial charge on any atom is 0.255 e. The Morgan fingerprint density at radius 2 is 1.76 bits per heavy atom. The van der Waals surface area contributed by atoms with Gasteiger partial charge < -0.3 is 14.8 Å². The SMILES string of the molecule is COc1ccc(-c2nn(Cc3ccccc3)cc2C(=O)N[C@H](C)c2ccccn2)cc1OC. The van der Waals surface area contributed by atoms with Crippen molar-refractivity contribution in [2.45, 2.75) is 19.5 Å². The first-order valence-electron chi connectivity index (χ1n) is 10.6. The molecule has 0 aliphatic carbocycles. The topological polar surface area (TPSA) is 78.3 Å². The van der Waals surface area contributed by atoms with Gasteiger partial charge in [-0.05, 0) is 42.8 Å².